The summed E-state index contributed by atoms with van der Waals surface area (Å²) < 4.78 is 5.14. The van der Waals surface area contributed by atoms with Crippen LogP contribution in [0.2, 0.25) is 0 Å². The Morgan fingerprint density at radius 2 is 2.05 bits per heavy atom. The van der Waals surface area contributed by atoms with Crippen LogP contribution in [-0.2, 0) is 4.79 Å². The minimum atomic E-state index is -0.213. The Kier molecular flexibility index (Phi) is 4.11. The van der Waals surface area contributed by atoms with Gasteiger partial charge in [-0.15, -0.1) is 0 Å². The highest BCUT2D eigenvalue weighted by atomic mass is 16.3. The molecule has 0 spiro atoms. The number of nitrogens with one attached hydrogen (secondary N) is 1. The van der Waals surface area contributed by atoms with Gasteiger partial charge in [0.25, 0.3) is 0 Å². The molecule has 0 saturated carbocycles. The van der Waals surface area contributed by atoms with Crippen LogP contribution in [-0.4, -0.2) is 10.9 Å². The van der Waals surface area contributed by atoms with E-state index in [0.717, 1.165) is 16.9 Å². The molecule has 1 aromatic carbocycles. The fourth-order valence-electron chi connectivity index (χ4n) is 2.02. The van der Waals surface area contributed by atoms with Crippen molar-refractivity contribution in [3.05, 3.63) is 78.9 Å². The Balaban J connectivity index is 1.72. The molecule has 0 aliphatic carbocycles. The number of carbonyl (C=O) groups is 1. The van der Waals surface area contributed by atoms with Gasteiger partial charge in [0.15, 0.2) is 0 Å². The summed E-state index contributed by atoms with van der Waals surface area (Å²) in [5.41, 5.74) is 2.54. The standard InChI is InChI=1S/C18H14N2O2/c21-18(10-9-16-7-4-12-22-16)20-15-6-3-5-14(13-15)17-8-1-2-11-19-17/h1-13H,(H,20,21)/b10-9+. The second kappa shape index (κ2) is 6.54. The van der Waals surface area contributed by atoms with Crippen LogP contribution in [0.25, 0.3) is 17.3 Å². The molecule has 0 radical (unpaired) electrons. The van der Waals surface area contributed by atoms with Gasteiger partial charge in [0.05, 0.1) is 12.0 Å². The van der Waals surface area contributed by atoms with E-state index in [4.69, 9.17) is 4.42 Å². The van der Waals surface area contributed by atoms with Crippen molar-refractivity contribution in [1.29, 1.82) is 0 Å². The highest BCUT2D eigenvalue weighted by Gasteiger charge is 2.02. The number of furan rings is 1. The molecule has 1 N–H and O–H groups in total. The van der Waals surface area contributed by atoms with E-state index in [-0.39, 0.29) is 5.91 Å². The van der Waals surface area contributed by atoms with Crippen LogP contribution in [0.4, 0.5) is 5.69 Å². The van der Waals surface area contributed by atoms with Crippen molar-refractivity contribution < 1.29 is 9.21 Å². The molecule has 0 bridgehead atoms. The number of rotatable bonds is 4. The molecule has 0 aliphatic rings. The maximum Gasteiger partial charge on any atom is 0.248 e. The first-order chi connectivity index (χ1) is 10.8. The Hall–Kier alpha value is -3.14. The van der Waals surface area contributed by atoms with Gasteiger partial charge in [-0.05, 0) is 42.5 Å². The summed E-state index contributed by atoms with van der Waals surface area (Å²) in [7, 11) is 0. The third-order valence-corrected chi connectivity index (χ3v) is 3.03. The van der Waals surface area contributed by atoms with Crippen molar-refractivity contribution in [2.75, 3.05) is 5.32 Å². The summed E-state index contributed by atoms with van der Waals surface area (Å²) in [5.74, 6) is 0.423. The molecule has 2 aromatic heterocycles. The topological polar surface area (TPSA) is 55.1 Å². The minimum Gasteiger partial charge on any atom is -0.465 e. The average molecular weight is 290 g/mol. The fraction of sp³-hybridized carbons (Fsp3) is 0. The summed E-state index contributed by atoms with van der Waals surface area (Å²) in [6.45, 7) is 0. The second-order valence-electron chi connectivity index (χ2n) is 4.63. The second-order valence-corrected chi connectivity index (χ2v) is 4.63. The molecule has 0 atom stereocenters. The lowest BCUT2D eigenvalue weighted by atomic mass is 10.1. The van der Waals surface area contributed by atoms with Crippen LogP contribution >= 0.6 is 0 Å². The van der Waals surface area contributed by atoms with Gasteiger partial charge in [0.1, 0.15) is 5.76 Å². The van der Waals surface area contributed by atoms with Crippen molar-refractivity contribution >= 4 is 17.7 Å². The van der Waals surface area contributed by atoms with Gasteiger partial charge in [-0.2, -0.15) is 0 Å². The molecule has 3 rings (SSSR count). The Morgan fingerprint density at radius 3 is 2.82 bits per heavy atom. The summed E-state index contributed by atoms with van der Waals surface area (Å²) in [6.07, 6.45) is 6.37. The lowest BCUT2D eigenvalue weighted by Crippen LogP contribution is -2.07. The van der Waals surface area contributed by atoms with E-state index in [1.54, 1.807) is 30.7 Å². The number of pyridine rings is 1. The van der Waals surface area contributed by atoms with Crippen LogP contribution in [0.3, 0.4) is 0 Å². The van der Waals surface area contributed by atoms with Crippen molar-refractivity contribution in [1.82, 2.24) is 4.98 Å². The largest absolute Gasteiger partial charge is 0.465 e. The highest BCUT2D eigenvalue weighted by Crippen LogP contribution is 2.20. The van der Waals surface area contributed by atoms with Crippen LogP contribution in [0, 0.1) is 0 Å². The number of amides is 1. The average Bonchev–Trinajstić information content (AvgIpc) is 3.08. The maximum absolute atomic E-state index is 11.9. The third-order valence-electron chi connectivity index (χ3n) is 3.03. The minimum absolute atomic E-state index is 0.213. The van der Waals surface area contributed by atoms with E-state index in [1.165, 1.54) is 6.08 Å². The number of nitrogens with zero attached hydrogens (tertiary/aromatic N) is 1. The van der Waals surface area contributed by atoms with Gasteiger partial charge < -0.3 is 9.73 Å². The Labute approximate surface area is 128 Å². The van der Waals surface area contributed by atoms with Gasteiger partial charge in [0.2, 0.25) is 5.91 Å². The molecule has 22 heavy (non-hydrogen) atoms. The van der Waals surface area contributed by atoms with Gasteiger partial charge in [-0.1, -0.05) is 18.2 Å². The van der Waals surface area contributed by atoms with Crippen molar-refractivity contribution in [3.63, 3.8) is 0 Å². The first-order valence-corrected chi connectivity index (χ1v) is 6.85. The van der Waals surface area contributed by atoms with Gasteiger partial charge >= 0.3 is 0 Å². The number of carbonyl (C=O) groups excluding carboxylic acids is 1. The van der Waals surface area contributed by atoms with Crippen LogP contribution < -0.4 is 5.32 Å². The van der Waals surface area contributed by atoms with Crippen molar-refractivity contribution in [2.24, 2.45) is 0 Å². The molecule has 0 fully saturated rings. The SMILES string of the molecule is O=C(/C=C/c1ccco1)Nc1cccc(-c2ccccn2)c1. The Bertz CT molecular complexity index is 778. The van der Waals surface area contributed by atoms with Crippen LogP contribution in [0.15, 0.2) is 77.6 Å². The zero-order valence-electron chi connectivity index (χ0n) is 11.8. The van der Waals surface area contributed by atoms with Crippen LogP contribution in [0.1, 0.15) is 5.76 Å². The van der Waals surface area contributed by atoms with E-state index >= 15 is 0 Å². The molecule has 108 valence electrons. The number of aromatic nitrogens is 1. The van der Waals surface area contributed by atoms with E-state index < -0.39 is 0 Å². The van der Waals surface area contributed by atoms with E-state index in [9.17, 15) is 4.79 Å². The molecular weight excluding hydrogens is 276 g/mol. The quantitative estimate of drug-likeness (QED) is 0.739. The monoisotopic (exact) mass is 290 g/mol. The van der Waals surface area contributed by atoms with Crippen molar-refractivity contribution in [3.8, 4) is 11.3 Å². The highest BCUT2D eigenvalue weighted by molar-refractivity contribution is 6.02. The fourth-order valence-corrected chi connectivity index (χ4v) is 2.02. The predicted octanol–water partition coefficient (Wildman–Crippen LogP) is 3.99. The summed E-state index contributed by atoms with van der Waals surface area (Å²) in [5, 5.41) is 2.82. The molecular formula is C18H14N2O2. The van der Waals surface area contributed by atoms with Gasteiger partial charge in [0, 0.05) is 23.5 Å². The molecule has 4 nitrogen and oxygen atoms in total. The molecule has 1 amide bonds. The maximum atomic E-state index is 11.9. The Morgan fingerprint density at radius 1 is 1.09 bits per heavy atom. The van der Waals surface area contributed by atoms with Gasteiger partial charge in [-0.25, -0.2) is 0 Å². The molecule has 4 heteroatoms. The summed E-state index contributed by atoms with van der Waals surface area (Å²) in [6, 6.07) is 16.9. The lowest BCUT2D eigenvalue weighted by Gasteiger charge is -2.05. The molecule has 2 heterocycles. The van der Waals surface area contributed by atoms with Gasteiger partial charge in [-0.3, -0.25) is 9.78 Å². The molecule has 0 aliphatic heterocycles. The zero-order valence-corrected chi connectivity index (χ0v) is 11.8. The summed E-state index contributed by atoms with van der Waals surface area (Å²) in [4.78, 5) is 16.2. The van der Waals surface area contributed by atoms with E-state index in [2.05, 4.69) is 10.3 Å². The zero-order chi connectivity index (χ0) is 15.2. The smallest absolute Gasteiger partial charge is 0.248 e. The predicted molar refractivity (Wildman–Crippen MR) is 86.0 cm³/mol. The first kappa shape index (κ1) is 13.8. The lowest BCUT2D eigenvalue weighted by molar-refractivity contribution is -0.111. The number of anilines is 1. The van der Waals surface area contributed by atoms with Crippen LogP contribution in [0.5, 0.6) is 0 Å². The van der Waals surface area contributed by atoms with E-state index in [1.807, 2.05) is 42.5 Å². The van der Waals surface area contributed by atoms with Crippen molar-refractivity contribution in [2.45, 2.75) is 0 Å². The van der Waals surface area contributed by atoms with E-state index in [0.29, 0.717) is 5.76 Å². The number of hydrogen-bond donors (Lipinski definition) is 1. The number of hydrogen-bond acceptors (Lipinski definition) is 3. The molecule has 3 aromatic rings. The molecule has 0 unspecified atom stereocenters. The molecule has 0 saturated heterocycles. The number of benzene rings is 1. The first-order valence-electron chi connectivity index (χ1n) is 6.85. The normalized spacial score (nSPS) is 10.7. The third kappa shape index (κ3) is 3.49. The summed E-state index contributed by atoms with van der Waals surface area (Å²) >= 11 is 0.